The van der Waals surface area contributed by atoms with Crippen LogP contribution in [0.3, 0.4) is 0 Å². The SMILES string of the molecule is CCCCCNC(CCCN=C(N)N)C(=O)O.NC(Cc1ccccc1)C(=O)O. The van der Waals surface area contributed by atoms with Crippen LogP contribution in [0.2, 0.25) is 0 Å². The first-order chi connectivity index (χ1) is 13.8. The summed E-state index contributed by atoms with van der Waals surface area (Å²) in [6, 6.07) is 8.04. The minimum absolute atomic E-state index is 0.0489. The maximum atomic E-state index is 10.9. The molecule has 0 heterocycles. The van der Waals surface area contributed by atoms with Crippen LogP contribution in [0.25, 0.3) is 0 Å². The lowest BCUT2D eigenvalue weighted by Crippen LogP contribution is -2.37. The number of carboxylic acid groups (broad SMARTS) is 2. The minimum atomic E-state index is -0.959. The summed E-state index contributed by atoms with van der Waals surface area (Å²) in [4.78, 5) is 25.1. The molecule has 1 rings (SSSR count). The summed E-state index contributed by atoms with van der Waals surface area (Å²) in [5.74, 6) is -1.72. The molecule has 0 aliphatic carbocycles. The molecule has 9 N–H and O–H groups in total. The number of unbranched alkanes of at least 4 members (excludes halogenated alkanes) is 2. The fourth-order valence-corrected chi connectivity index (χ4v) is 2.42. The van der Waals surface area contributed by atoms with E-state index in [0.717, 1.165) is 31.4 Å². The summed E-state index contributed by atoms with van der Waals surface area (Å²) in [6.45, 7) is 3.33. The second kappa shape index (κ2) is 16.3. The number of nitrogens with one attached hydrogen (secondary N) is 1. The van der Waals surface area contributed by atoms with Gasteiger partial charge in [0.15, 0.2) is 5.96 Å². The molecule has 164 valence electrons. The lowest BCUT2D eigenvalue weighted by molar-refractivity contribution is -0.140. The summed E-state index contributed by atoms with van der Waals surface area (Å²) >= 11 is 0. The average molecular weight is 410 g/mol. The standard InChI is InChI=1S/C11H24N4O2.C9H11NO2/c1-2-3-4-7-14-9(10(16)17)6-5-8-15-11(12)13;10-8(9(11)12)6-7-4-2-1-3-5-7/h9,14H,2-8H2,1H3,(H,16,17)(H4,12,13,15);1-5,8H,6,10H2,(H,11,12). The van der Waals surface area contributed by atoms with Crippen molar-refractivity contribution in [2.75, 3.05) is 13.1 Å². The summed E-state index contributed by atoms with van der Waals surface area (Å²) < 4.78 is 0. The molecule has 0 aliphatic rings. The van der Waals surface area contributed by atoms with E-state index in [1.165, 1.54) is 0 Å². The van der Waals surface area contributed by atoms with Gasteiger partial charge in [-0.1, -0.05) is 50.1 Å². The molecule has 29 heavy (non-hydrogen) atoms. The zero-order valence-corrected chi connectivity index (χ0v) is 17.1. The fraction of sp³-hybridized carbons (Fsp3) is 0.550. The molecule has 1 aromatic rings. The monoisotopic (exact) mass is 409 g/mol. The molecule has 0 spiro atoms. The van der Waals surface area contributed by atoms with E-state index in [-0.39, 0.29) is 5.96 Å². The Balaban J connectivity index is 0.000000571. The molecule has 9 heteroatoms. The van der Waals surface area contributed by atoms with Gasteiger partial charge in [-0.05, 0) is 37.8 Å². The van der Waals surface area contributed by atoms with Crippen molar-refractivity contribution < 1.29 is 19.8 Å². The second-order valence-electron chi connectivity index (χ2n) is 6.64. The van der Waals surface area contributed by atoms with E-state index in [2.05, 4.69) is 17.2 Å². The van der Waals surface area contributed by atoms with Gasteiger partial charge < -0.3 is 32.7 Å². The van der Waals surface area contributed by atoms with Crippen molar-refractivity contribution in [3.63, 3.8) is 0 Å². The van der Waals surface area contributed by atoms with Crippen molar-refractivity contribution >= 4 is 17.9 Å². The lowest BCUT2D eigenvalue weighted by Gasteiger charge is -2.13. The zero-order valence-electron chi connectivity index (χ0n) is 17.1. The van der Waals surface area contributed by atoms with Crippen molar-refractivity contribution in [2.45, 2.75) is 57.5 Å². The van der Waals surface area contributed by atoms with Gasteiger partial charge in [-0.3, -0.25) is 14.6 Å². The molecule has 0 saturated carbocycles. The average Bonchev–Trinajstić information content (AvgIpc) is 2.67. The first-order valence-electron chi connectivity index (χ1n) is 9.81. The molecule has 0 radical (unpaired) electrons. The third kappa shape index (κ3) is 15.0. The fourth-order valence-electron chi connectivity index (χ4n) is 2.42. The van der Waals surface area contributed by atoms with Gasteiger partial charge in [-0.15, -0.1) is 0 Å². The lowest BCUT2D eigenvalue weighted by atomic mass is 10.1. The van der Waals surface area contributed by atoms with Crippen LogP contribution in [-0.4, -0.2) is 53.3 Å². The number of carbonyl (C=O) groups is 2. The van der Waals surface area contributed by atoms with Gasteiger partial charge in [0.2, 0.25) is 0 Å². The Kier molecular flexibility index (Phi) is 14.8. The van der Waals surface area contributed by atoms with E-state index in [1.807, 2.05) is 30.3 Å². The predicted octanol–water partition coefficient (Wildman–Crippen LogP) is 0.914. The van der Waals surface area contributed by atoms with E-state index in [9.17, 15) is 9.59 Å². The minimum Gasteiger partial charge on any atom is -0.480 e. The van der Waals surface area contributed by atoms with E-state index in [4.69, 9.17) is 27.4 Å². The van der Waals surface area contributed by atoms with E-state index in [1.54, 1.807) is 0 Å². The van der Waals surface area contributed by atoms with Crippen LogP contribution in [0.4, 0.5) is 0 Å². The second-order valence-corrected chi connectivity index (χ2v) is 6.64. The number of carboxylic acids is 2. The number of guanidine groups is 1. The maximum Gasteiger partial charge on any atom is 0.320 e. The molecular weight excluding hydrogens is 374 g/mol. The molecule has 0 bridgehead atoms. The van der Waals surface area contributed by atoms with E-state index in [0.29, 0.717) is 25.8 Å². The van der Waals surface area contributed by atoms with Gasteiger partial charge >= 0.3 is 11.9 Å². The number of nitrogens with two attached hydrogens (primary N) is 3. The number of benzene rings is 1. The van der Waals surface area contributed by atoms with Crippen LogP contribution in [0.5, 0.6) is 0 Å². The van der Waals surface area contributed by atoms with Crippen molar-refractivity contribution in [3.8, 4) is 0 Å². The Morgan fingerprint density at radius 2 is 1.72 bits per heavy atom. The highest BCUT2D eigenvalue weighted by Gasteiger charge is 2.15. The molecule has 0 aromatic heterocycles. The number of rotatable bonds is 13. The summed E-state index contributed by atoms with van der Waals surface area (Å²) in [7, 11) is 0. The Morgan fingerprint density at radius 1 is 1.07 bits per heavy atom. The van der Waals surface area contributed by atoms with Crippen molar-refractivity contribution in [1.82, 2.24) is 5.32 Å². The van der Waals surface area contributed by atoms with Crippen LogP contribution < -0.4 is 22.5 Å². The highest BCUT2D eigenvalue weighted by atomic mass is 16.4. The highest BCUT2D eigenvalue weighted by Crippen LogP contribution is 2.01. The third-order valence-electron chi connectivity index (χ3n) is 4.03. The third-order valence-corrected chi connectivity index (χ3v) is 4.03. The van der Waals surface area contributed by atoms with Gasteiger partial charge in [0.05, 0.1) is 0 Å². The Morgan fingerprint density at radius 3 is 2.24 bits per heavy atom. The van der Waals surface area contributed by atoms with Crippen LogP contribution >= 0.6 is 0 Å². The van der Waals surface area contributed by atoms with Crippen molar-refractivity contribution in [1.29, 1.82) is 0 Å². The molecule has 0 saturated heterocycles. The molecule has 9 nitrogen and oxygen atoms in total. The topological polar surface area (TPSA) is 177 Å². The first-order valence-corrected chi connectivity index (χ1v) is 9.81. The van der Waals surface area contributed by atoms with Crippen molar-refractivity contribution in [2.24, 2.45) is 22.2 Å². The normalized spacial score (nSPS) is 12.2. The van der Waals surface area contributed by atoms with Gasteiger partial charge in [0, 0.05) is 6.54 Å². The van der Waals surface area contributed by atoms with Crippen LogP contribution in [0, 0.1) is 0 Å². The van der Waals surface area contributed by atoms with Gasteiger partial charge in [-0.2, -0.15) is 0 Å². The van der Waals surface area contributed by atoms with Gasteiger partial charge in [-0.25, -0.2) is 0 Å². The van der Waals surface area contributed by atoms with Gasteiger partial charge in [0.1, 0.15) is 12.1 Å². The van der Waals surface area contributed by atoms with Crippen LogP contribution in [0.1, 0.15) is 44.6 Å². The molecular formula is C20H35N5O4. The Bertz CT molecular complexity index is 606. The number of aliphatic imine (C=N–C) groups is 1. The molecule has 2 unspecified atom stereocenters. The molecule has 2 atom stereocenters. The number of aliphatic carboxylic acids is 2. The predicted molar refractivity (Wildman–Crippen MR) is 115 cm³/mol. The number of nitrogens with zero attached hydrogens (tertiary/aromatic N) is 1. The first kappa shape index (κ1) is 26.4. The maximum absolute atomic E-state index is 10.9. The zero-order chi connectivity index (χ0) is 22.1. The number of hydrogen-bond donors (Lipinski definition) is 6. The Hall–Kier alpha value is -2.65. The molecule has 0 amide bonds. The molecule has 0 fully saturated rings. The van der Waals surface area contributed by atoms with E-state index >= 15 is 0 Å². The van der Waals surface area contributed by atoms with E-state index < -0.39 is 24.0 Å². The molecule has 0 aliphatic heterocycles. The van der Waals surface area contributed by atoms with Crippen LogP contribution in [0.15, 0.2) is 35.3 Å². The summed E-state index contributed by atoms with van der Waals surface area (Å²) in [6.07, 6.45) is 4.84. The van der Waals surface area contributed by atoms with Crippen LogP contribution in [-0.2, 0) is 16.0 Å². The summed E-state index contributed by atoms with van der Waals surface area (Å²) in [5, 5.41) is 20.5. The smallest absolute Gasteiger partial charge is 0.320 e. The van der Waals surface area contributed by atoms with Crippen molar-refractivity contribution in [3.05, 3.63) is 35.9 Å². The quantitative estimate of drug-likeness (QED) is 0.158. The molecule has 1 aromatic carbocycles. The Labute approximate surface area is 172 Å². The summed E-state index contributed by atoms with van der Waals surface area (Å²) in [5.41, 5.74) is 16.7. The highest BCUT2D eigenvalue weighted by molar-refractivity contribution is 5.75. The largest absolute Gasteiger partial charge is 0.480 e. The number of hydrogen-bond acceptors (Lipinski definition) is 5. The van der Waals surface area contributed by atoms with Gasteiger partial charge in [0.25, 0.3) is 0 Å².